The van der Waals surface area contributed by atoms with Crippen molar-refractivity contribution < 1.29 is 0 Å². The first-order chi connectivity index (χ1) is 17.7. The lowest BCUT2D eigenvalue weighted by Crippen LogP contribution is -2.51. The van der Waals surface area contributed by atoms with E-state index in [1.165, 1.54) is 29.5 Å². The fourth-order valence-corrected chi connectivity index (χ4v) is 5.48. The third-order valence-corrected chi connectivity index (χ3v) is 7.35. The van der Waals surface area contributed by atoms with Crippen LogP contribution in [0.15, 0.2) is 61.3 Å². The van der Waals surface area contributed by atoms with Crippen LogP contribution in [0.2, 0.25) is 0 Å². The molecule has 37 heavy (non-hydrogen) atoms. The van der Waals surface area contributed by atoms with Crippen molar-refractivity contribution in [2.75, 3.05) is 23.3 Å². The molecule has 6 heterocycles. The lowest BCUT2D eigenvalue weighted by atomic mass is 10.0. The zero-order valence-corrected chi connectivity index (χ0v) is 21.3. The Morgan fingerprint density at radius 2 is 1.84 bits per heavy atom. The molecule has 2 fully saturated rings. The molecule has 2 N–H and O–H groups in total. The molecule has 4 aromatic heterocycles. The van der Waals surface area contributed by atoms with Gasteiger partial charge in [-0.15, -0.1) is 12.4 Å². The van der Waals surface area contributed by atoms with E-state index in [0.717, 1.165) is 53.5 Å². The summed E-state index contributed by atoms with van der Waals surface area (Å²) in [5, 5.41) is 11.4. The highest BCUT2D eigenvalue weighted by atomic mass is 35.5. The highest BCUT2D eigenvalue weighted by molar-refractivity contribution is 5.88. The summed E-state index contributed by atoms with van der Waals surface area (Å²) in [5.41, 5.74) is 7.17. The Bertz CT molecular complexity index is 1570. The molecule has 2 aliphatic rings. The van der Waals surface area contributed by atoms with E-state index < -0.39 is 0 Å². The number of rotatable bonds is 5. The molecular formula is C27H28ClN9. The second-order valence-electron chi connectivity index (χ2n) is 9.84. The number of hydrogen-bond donors (Lipinski definition) is 2. The van der Waals surface area contributed by atoms with Gasteiger partial charge in [0.1, 0.15) is 24.0 Å². The standard InChI is InChI=1S/C27H27N9.ClH/c1-17-10-20(3-2-19(17)11-18-8-9-36-25(12-18)29-16-31-36)33-27-26-23(28-15-30-27)6-7-24(34-26)35-13-21-4-5-22(14-35)32-21;/h2-3,6-10,12,15-16,21-22,32H,4-5,11,13-14H2,1H3,(H,28,30,33);1H. The number of nitrogens with one attached hydrogen (secondary N) is 2. The van der Waals surface area contributed by atoms with Crippen LogP contribution in [0.3, 0.4) is 0 Å². The minimum atomic E-state index is 0. The van der Waals surface area contributed by atoms with Gasteiger partial charge in [-0.3, -0.25) is 0 Å². The average Bonchev–Trinajstić information content (AvgIpc) is 3.50. The molecule has 1 aromatic carbocycles. The number of aryl methyl sites for hydroxylation is 1. The van der Waals surface area contributed by atoms with Crippen LogP contribution in [0, 0.1) is 6.92 Å². The van der Waals surface area contributed by atoms with Gasteiger partial charge in [0.05, 0.1) is 5.52 Å². The Hall–Kier alpha value is -3.82. The van der Waals surface area contributed by atoms with Crippen LogP contribution in [0.1, 0.15) is 29.5 Å². The number of hydrogen-bond acceptors (Lipinski definition) is 8. The molecule has 0 radical (unpaired) electrons. The fourth-order valence-electron chi connectivity index (χ4n) is 5.48. The van der Waals surface area contributed by atoms with Gasteiger partial charge in [-0.05, 0) is 79.3 Å². The van der Waals surface area contributed by atoms with Gasteiger partial charge >= 0.3 is 0 Å². The number of anilines is 3. The Balaban J connectivity index is 0.00000252. The number of piperazine rings is 1. The van der Waals surface area contributed by atoms with Crippen molar-refractivity contribution in [3.8, 4) is 0 Å². The molecule has 188 valence electrons. The molecule has 0 aliphatic carbocycles. The second kappa shape index (κ2) is 9.57. The maximum Gasteiger partial charge on any atom is 0.160 e. The molecule has 10 heteroatoms. The smallest absolute Gasteiger partial charge is 0.160 e. The van der Waals surface area contributed by atoms with Gasteiger partial charge in [-0.2, -0.15) is 5.10 Å². The monoisotopic (exact) mass is 513 g/mol. The summed E-state index contributed by atoms with van der Waals surface area (Å²) in [5.74, 6) is 1.72. The summed E-state index contributed by atoms with van der Waals surface area (Å²) in [6.45, 7) is 4.13. The number of pyridine rings is 2. The first-order valence-electron chi connectivity index (χ1n) is 12.5. The lowest BCUT2D eigenvalue weighted by Gasteiger charge is -2.33. The molecule has 2 atom stereocenters. The van der Waals surface area contributed by atoms with Gasteiger partial charge in [0, 0.05) is 37.1 Å². The van der Waals surface area contributed by atoms with Crippen molar-refractivity contribution in [2.24, 2.45) is 0 Å². The van der Waals surface area contributed by atoms with Gasteiger partial charge in [0.25, 0.3) is 0 Å². The van der Waals surface area contributed by atoms with Crippen molar-refractivity contribution in [3.05, 3.63) is 78.0 Å². The number of halogens is 1. The summed E-state index contributed by atoms with van der Waals surface area (Å²) in [6, 6.07) is 15.9. The van der Waals surface area contributed by atoms with E-state index in [1.807, 2.05) is 6.20 Å². The topological polar surface area (TPSA) is 96.2 Å². The molecule has 2 bridgehead atoms. The zero-order chi connectivity index (χ0) is 24.1. The first-order valence-corrected chi connectivity index (χ1v) is 12.5. The van der Waals surface area contributed by atoms with Gasteiger partial charge in [0.15, 0.2) is 11.5 Å². The molecular weight excluding hydrogens is 486 g/mol. The van der Waals surface area contributed by atoms with E-state index in [0.29, 0.717) is 12.1 Å². The lowest BCUT2D eigenvalue weighted by molar-refractivity contribution is 0.464. The van der Waals surface area contributed by atoms with Crippen LogP contribution < -0.4 is 15.5 Å². The molecule has 0 spiro atoms. The Kier molecular flexibility index (Phi) is 6.10. The summed E-state index contributed by atoms with van der Waals surface area (Å²) in [6.07, 6.45) is 8.45. The van der Waals surface area contributed by atoms with E-state index in [-0.39, 0.29) is 12.4 Å². The van der Waals surface area contributed by atoms with Gasteiger partial charge in [0.2, 0.25) is 0 Å². The van der Waals surface area contributed by atoms with Crippen molar-refractivity contribution in [2.45, 2.75) is 38.3 Å². The summed E-state index contributed by atoms with van der Waals surface area (Å²) in [7, 11) is 0. The molecule has 9 nitrogen and oxygen atoms in total. The number of nitrogens with zero attached hydrogens (tertiary/aromatic N) is 7. The van der Waals surface area contributed by atoms with Crippen LogP contribution >= 0.6 is 12.4 Å². The minimum Gasteiger partial charge on any atom is -0.353 e. The van der Waals surface area contributed by atoms with Crippen LogP contribution in [0.4, 0.5) is 17.3 Å². The largest absolute Gasteiger partial charge is 0.353 e. The average molecular weight is 514 g/mol. The predicted octanol–water partition coefficient (Wildman–Crippen LogP) is 4.07. The molecule has 7 rings (SSSR count). The van der Waals surface area contributed by atoms with Gasteiger partial charge in [-0.25, -0.2) is 24.5 Å². The van der Waals surface area contributed by atoms with E-state index in [1.54, 1.807) is 17.2 Å². The SMILES string of the molecule is Cc1cc(Nc2ncnc3ccc(N4CC5CCC(C4)N5)nc23)ccc1Cc1ccn2ncnc2c1.Cl. The van der Waals surface area contributed by atoms with Crippen LogP contribution in [0.5, 0.6) is 0 Å². The Labute approximate surface area is 220 Å². The Morgan fingerprint density at radius 3 is 2.68 bits per heavy atom. The second-order valence-corrected chi connectivity index (χ2v) is 9.84. The molecule has 2 unspecified atom stereocenters. The van der Waals surface area contributed by atoms with Gasteiger partial charge in [-0.1, -0.05) is 6.07 Å². The highest BCUT2D eigenvalue weighted by Gasteiger charge is 2.32. The van der Waals surface area contributed by atoms with Crippen LogP contribution in [-0.4, -0.2) is 54.7 Å². The van der Waals surface area contributed by atoms with Gasteiger partial charge < -0.3 is 15.5 Å². The highest BCUT2D eigenvalue weighted by Crippen LogP contribution is 2.28. The van der Waals surface area contributed by atoms with Crippen LogP contribution in [0.25, 0.3) is 16.7 Å². The van der Waals surface area contributed by atoms with Crippen LogP contribution in [-0.2, 0) is 6.42 Å². The van der Waals surface area contributed by atoms with E-state index in [9.17, 15) is 0 Å². The fraction of sp³-hybridized carbons (Fsp3) is 0.296. The summed E-state index contributed by atoms with van der Waals surface area (Å²) in [4.78, 5) is 20.7. The number of aromatic nitrogens is 6. The molecule has 0 saturated carbocycles. The third kappa shape index (κ3) is 4.56. The van der Waals surface area contributed by atoms with Crippen molar-refractivity contribution in [3.63, 3.8) is 0 Å². The minimum absolute atomic E-state index is 0. The normalized spacial score (nSPS) is 18.8. The Morgan fingerprint density at radius 1 is 0.973 bits per heavy atom. The number of benzene rings is 1. The summed E-state index contributed by atoms with van der Waals surface area (Å²) >= 11 is 0. The summed E-state index contributed by atoms with van der Waals surface area (Å²) < 4.78 is 1.78. The molecule has 2 saturated heterocycles. The quantitative estimate of drug-likeness (QED) is 0.363. The van der Waals surface area contributed by atoms with Crippen molar-refractivity contribution in [1.29, 1.82) is 0 Å². The third-order valence-electron chi connectivity index (χ3n) is 7.35. The van der Waals surface area contributed by atoms with Crippen molar-refractivity contribution in [1.82, 2.24) is 34.9 Å². The van der Waals surface area contributed by atoms with E-state index in [2.05, 4.69) is 85.0 Å². The molecule has 2 aliphatic heterocycles. The first kappa shape index (κ1) is 23.6. The van der Waals surface area contributed by atoms with E-state index in [4.69, 9.17) is 4.98 Å². The molecule has 0 amide bonds. The predicted molar refractivity (Wildman–Crippen MR) is 147 cm³/mol. The maximum atomic E-state index is 5.01. The zero-order valence-electron chi connectivity index (χ0n) is 20.5. The molecule has 5 aromatic rings. The van der Waals surface area contributed by atoms with Crippen molar-refractivity contribution >= 4 is 46.4 Å². The maximum absolute atomic E-state index is 5.01. The number of fused-ring (bicyclic) bond motifs is 4. The van der Waals surface area contributed by atoms with E-state index >= 15 is 0 Å².